The molecule has 3 rings (SSSR count). The molecule has 1 spiro atoms. The molecule has 1 saturated carbocycles. The zero-order valence-electron chi connectivity index (χ0n) is 14.4. The van der Waals surface area contributed by atoms with Gasteiger partial charge in [-0.05, 0) is 57.3 Å². The van der Waals surface area contributed by atoms with Crippen LogP contribution in [0.2, 0.25) is 0 Å². The normalized spacial score (nSPS) is 26.4. The van der Waals surface area contributed by atoms with Gasteiger partial charge in [-0.15, -0.1) is 0 Å². The summed E-state index contributed by atoms with van der Waals surface area (Å²) in [5.41, 5.74) is -0.432. The highest BCUT2D eigenvalue weighted by atomic mass is 16.2. The maximum absolute atomic E-state index is 12.4. The summed E-state index contributed by atoms with van der Waals surface area (Å²) in [7, 11) is 0. The molecule has 1 amide bonds. The number of nitrogens with zero attached hydrogens (tertiary/aromatic N) is 2. The summed E-state index contributed by atoms with van der Waals surface area (Å²) in [4.78, 5) is 19.8. The van der Waals surface area contributed by atoms with Crippen molar-refractivity contribution in [2.45, 2.75) is 77.3 Å². The molecule has 1 unspecified atom stereocenters. The number of hydrogen-bond donors (Lipinski definition) is 1. The topological polar surface area (TPSA) is 44.7 Å². The maximum atomic E-state index is 12.4. The number of rotatable bonds is 6. The van der Waals surface area contributed by atoms with E-state index in [0.29, 0.717) is 6.04 Å². The monoisotopic (exact) mass is 305 g/mol. The Kier molecular flexibility index (Phi) is 4.58. The first-order valence-corrected chi connectivity index (χ1v) is 9.13. The van der Waals surface area contributed by atoms with Crippen molar-refractivity contribution in [3.8, 4) is 0 Å². The second kappa shape index (κ2) is 6.31. The van der Waals surface area contributed by atoms with E-state index in [0.717, 1.165) is 50.0 Å². The van der Waals surface area contributed by atoms with E-state index in [9.17, 15) is 4.79 Å². The lowest BCUT2D eigenvalue weighted by Gasteiger charge is -2.39. The fraction of sp³-hybridized carbons (Fsp3) is 0.889. The number of hydrogen-bond acceptors (Lipinski definition) is 3. The predicted octanol–water partition coefficient (Wildman–Crippen LogP) is 2.97. The van der Waals surface area contributed by atoms with Crippen LogP contribution in [0.3, 0.4) is 0 Å². The molecule has 1 aliphatic carbocycles. The molecule has 0 aromatic heterocycles. The lowest BCUT2D eigenvalue weighted by Crippen LogP contribution is -2.51. The van der Waals surface area contributed by atoms with Gasteiger partial charge in [0.15, 0.2) is 0 Å². The van der Waals surface area contributed by atoms with Gasteiger partial charge >= 0.3 is 0 Å². The number of likely N-dealkylation sites (tertiary alicyclic amines) is 1. The maximum Gasteiger partial charge on any atom is 0.253 e. The summed E-state index contributed by atoms with van der Waals surface area (Å²) in [6.45, 7) is 8.92. The highest BCUT2D eigenvalue weighted by Gasteiger charge is 2.46. The van der Waals surface area contributed by atoms with Crippen LogP contribution in [-0.4, -0.2) is 41.3 Å². The lowest BCUT2D eigenvalue weighted by molar-refractivity contribution is -0.125. The third-order valence-electron chi connectivity index (χ3n) is 5.62. The molecule has 0 aromatic rings. The van der Waals surface area contributed by atoms with E-state index in [1.165, 1.54) is 25.7 Å². The third kappa shape index (κ3) is 3.53. The Hall–Kier alpha value is -0.900. The SMILES string of the molecule is CC(C)CCC(C)N1CCC2(CC1)N=C(CC1CC1)NC2=O. The number of carbonyl (C=O) groups is 1. The van der Waals surface area contributed by atoms with Crippen LogP contribution in [0.15, 0.2) is 4.99 Å². The van der Waals surface area contributed by atoms with Gasteiger partial charge in [0, 0.05) is 25.6 Å². The Labute approximate surface area is 134 Å². The summed E-state index contributed by atoms with van der Waals surface area (Å²) in [6, 6.07) is 0.624. The smallest absolute Gasteiger partial charge is 0.253 e. The molecule has 2 aliphatic heterocycles. The molecular formula is C18H31N3O. The fourth-order valence-electron chi connectivity index (χ4n) is 3.71. The van der Waals surface area contributed by atoms with Crippen LogP contribution in [0.5, 0.6) is 0 Å². The average molecular weight is 305 g/mol. The summed E-state index contributed by atoms with van der Waals surface area (Å²) < 4.78 is 0. The molecule has 0 bridgehead atoms. The van der Waals surface area contributed by atoms with E-state index in [1.807, 2.05) is 0 Å². The highest BCUT2D eigenvalue weighted by molar-refractivity contribution is 6.08. The van der Waals surface area contributed by atoms with Crippen LogP contribution in [0.1, 0.15) is 65.7 Å². The molecule has 3 aliphatic rings. The molecule has 22 heavy (non-hydrogen) atoms. The van der Waals surface area contributed by atoms with Crippen LogP contribution in [-0.2, 0) is 4.79 Å². The molecular weight excluding hydrogens is 274 g/mol. The van der Waals surface area contributed by atoms with Crippen molar-refractivity contribution in [2.75, 3.05) is 13.1 Å². The van der Waals surface area contributed by atoms with E-state index in [-0.39, 0.29) is 5.91 Å². The van der Waals surface area contributed by atoms with Crippen molar-refractivity contribution < 1.29 is 4.79 Å². The van der Waals surface area contributed by atoms with Gasteiger partial charge in [-0.25, -0.2) is 0 Å². The number of amides is 1. The summed E-state index contributed by atoms with van der Waals surface area (Å²) in [6.07, 6.45) is 7.92. The molecule has 1 N–H and O–H groups in total. The minimum absolute atomic E-state index is 0.164. The number of nitrogens with one attached hydrogen (secondary N) is 1. The minimum atomic E-state index is -0.432. The van der Waals surface area contributed by atoms with Crippen LogP contribution in [0, 0.1) is 11.8 Å². The second-order valence-electron chi connectivity index (χ2n) is 8.05. The quantitative estimate of drug-likeness (QED) is 0.820. The molecule has 1 saturated heterocycles. The number of amidine groups is 1. The molecule has 2 fully saturated rings. The molecule has 0 radical (unpaired) electrons. The standard InChI is InChI=1S/C18H31N3O/c1-13(2)4-5-14(3)21-10-8-18(9-11-21)17(22)19-16(20-18)12-15-6-7-15/h13-15H,4-12H2,1-3H3,(H,19,20,22). The van der Waals surface area contributed by atoms with E-state index < -0.39 is 5.54 Å². The van der Waals surface area contributed by atoms with E-state index in [2.05, 4.69) is 31.0 Å². The van der Waals surface area contributed by atoms with Gasteiger partial charge in [0.1, 0.15) is 11.4 Å². The molecule has 1 atom stereocenters. The summed E-state index contributed by atoms with van der Waals surface area (Å²) >= 11 is 0. The van der Waals surface area contributed by atoms with Crippen molar-refractivity contribution in [1.82, 2.24) is 10.2 Å². The third-order valence-corrected chi connectivity index (χ3v) is 5.62. The number of carbonyl (C=O) groups excluding carboxylic acids is 1. The Bertz CT molecular complexity index is 445. The summed E-state index contributed by atoms with van der Waals surface area (Å²) in [5.74, 6) is 2.69. The molecule has 2 heterocycles. The van der Waals surface area contributed by atoms with Crippen molar-refractivity contribution in [2.24, 2.45) is 16.8 Å². The zero-order valence-corrected chi connectivity index (χ0v) is 14.4. The Morgan fingerprint density at radius 1 is 1.23 bits per heavy atom. The van der Waals surface area contributed by atoms with Gasteiger partial charge in [-0.1, -0.05) is 13.8 Å². The van der Waals surface area contributed by atoms with Crippen molar-refractivity contribution >= 4 is 11.7 Å². The largest absolute Gasteiger partial charge is 0.312 e. The molecule has 4 nitrogen and oxygen atoms in total. The molecule has 124 valence electrons. The Morgan fingerprint density at radius 3 is 2.50 bits per heavy atom. The van der Waals surface area contributed by atoms with Crippen molar-refractivity contribution in [1.29, 1.82) is 0 Å². The average Bonchev–Trinajstić information content (AvgIpc) is 3.24. The van der Waals surface area contributed by atoms with Crippen LogP contribution in [0.4, 0.5) is 0 Å². The van der Waals surface area contributed by atoms with Gasteiger partial charge in [-0.3, -0.25) is 9.79 Å². The second-order valence-corrected chi connectivity index (χ2v) is 8.05. The first kappa shape index (κ1) is 16.0. The minimum Gasteiger partial charge on any atom is -0.312 e. The van der Waals surface area contributed by atoms with Crippen LogP contribution >= 0.6 is 0 Å². The van der Waals surface area contributed by atoms with E-state index in [1.54, 1.807) is 0 Å². The van der Waals surface area contributed by atoms with Crippen LogP contribution < -0.4 is 5.32 Å². The van der Waals surface area contributed by atoms with Gasteiger partial charge in [0.2, 0.25) is 0 Å². The first-order valence-electron chi connectivity index (χ1n) is 9.13. The van der Waals surface area contributed by atoms with E-state index >= 15 is 0 Å². The number of piperidine rings is 1. The zero-order chi connectivity index (χ0) is 15.7. The predicted molar refractivity (Wildman–Crippen MR) is 90.0 cm³/mol. The first-order chi connectivity index (χ1) is 10.5. The van der Waals surface area contributed by atoms with Gasteiger partial charge < -0.3 is 10.2 Å². The fourth-order valence-corrected chi connectivity index (χ4v) is 3.71. The lowest BCUT2D eigenvalue weighted by atomic mass is 9.87. The Morgan fingerprint density at radius 2 is 1.91 bits per heavy atom. The molecule has 4 heteroatoms. The van der Waals surface area contributed by atoms with Crippen molar-refractivity contribution in [3.05, 3.63) is 0 Å². The van der Waals surface area contributed by atoms with Crippen LogP contribution in [0.25, 0.3) is 0 Å². The summed E-state index contributed by atoms with van der Waals surface area (Å²) in [5, 5.41) is 3.06. The molecule has 0 aromatic carbocycles. The van der Waals surface area contributed by atoms with Crippen molar-refractivity contribution in [3.63, 3.8) is 0 Å². The van der Waals surface area contributed by atoms with E-state index in [4.69, 9.17) is 4.99 Å². The Balaban J connectivity index is 1.53. The number of aliphatic imine (C=N–C) groups is 1. The van der Waals surface area contributed by atoms with Gasteiger partial charge in [0.05, 0.1) is 0 Å². The van der Waals surface area contributed by atoms with Gasteiger partial charge in [0.25, 0.3) is 5.91 Å². The highest BCUT2D eigenvalue weighted by Crippen LogP contribution is 2.36. The van der Waals surface area contributed by atoms with Gasteiger partial charge in [-0.2, -0.15) is 0 Å².